The first-order valence-corrected chi connectivity index (χ1v) is 11.5. The van der Waals surface area contributed by atoms with Crippen molar-refractivity contribution in [1.29, 1.82) is 0 Å². The number of ether oxygens (including phenoxy) is 2. The largest absolute Gasteiger partial charge is 0.497 e. The fourth-order valence-corrected chi connectivity index (χ4v) is 5.38. The first-order valence-electron chi connectivity index (χ1n) is 10.6. The Hall–Kier alpha value is -3.39. The van der Waals surface area contributed by atoms with Gasteiger partial charge in [0.25, 0.3) is 11.8 Å². The summed E-state index contributed by atoms with van der Waals surface area (Å²) in [5.74, 6) is -0.00472. The number of amides is 2. The molecule has 1 atom stereocenters. The fraction of sp³-hybridized carbons (Fsp3) is 0.280. The predicted octanol–water partition coefficient (Wildman–Crippen LogP) is 5.53. The standard InChI is InChI=1S/C25H25FN2O4S/c1-14-8-10-17-21(12-14)33-25(28-23(29)16-6-4-5-7-18(16)26)22(17)24(30)27-19-11-9-15(31-2)13-20(19)32-3/h4-7,9,11,13-14H,8,10,12H2,1-3H3,(H,27,30)(H,28,29)/t14-/m0/s1. The van der Waals surface area contributed by atoms with Crippen molar-refractivity contribution in [3.05, 3.63) is 69.8 Å². The molecule has 33 heavy (non-hydrogen) atoms. The van der Waals surface area contributed by atoms with E-state index < -0.39 is 11.7 Å². The number of methoxy groups -OCH3 is 2. The Kier molecular flexibility index (Phi) is 6.65. The van der Waals surface area contributed by atoms with Crippen LogP contribution < -0.4 is 20.1 Å². The first-order chi connectivity index (χ1) is 15.9. The van der Waals surface area contributed by atoms with Crippen molar-refractivity contribution < 1.29 is 23.5 Å². The van der Waals surface area contributed by atoms with E-state index in [2.05, 4.69) is 17.6 Å². The second-order valence-electron chi connectivity index (χ2n) is 8.01. The van der Waals surface area contributed by atoms with E-state index in [9.17, 15) is 14.0 Å². The summed E-state index contributed by atoms with van der Waals surface area (Å²) in [6.45, 7) is 2.17. The molecule has 0 saturated carbocycles. The number of nitrogens with one attached hydrogen (secondary N) is 2. The van der Waals surface area contributed by atoms with Crippen molar-refractivity contribution in [3.63, 3.8) is 0 Å². The van der Waals surface area contributed by atoms with Gasteiger partial charge < -0.3 is 20.1 Å². The van der Waals surface area contributed by atoms with Gasteiger partial charge in [0.05, 0.1) is 31.0 Å². The average molecular weight is 469 g/mol. The van der Waals surface area contributed by atoms with Gasteiger partial charge in [-0.25, -0.2) is 4.39 Å². The molecule has 1 heterocycles. The molecule has 1 aliphatic rings. The van der Waals surface area contributed by atoms with E-state index in [4.69, 9.17) is 9.47 Å². The molecule has 0 aliphatic heterocycles. The molecule has 0 bridgehead atoms. The molecule has 1 aromatic heterocycles. The second kappa shape index (κ2) is 9.62. The highest BCUT2D eigenvalue weighted by Gasteiger charge is 2.29. The van der Waals surface area contributed by atoms with Gasteiger partial charge in [0.2, 0.25) is 0 Å². The molecule has 0 spiro atoms. The predicted molar refractivity (Wildman–Crippen MR) is 127 cm³/mol. The highest BCUT2D eigenvalue weighted by Crippen LogP contribution is 2.41. The molecule has 0 fully saturated rings. The molecular formula is C25H25FN2O4S. The van der Waals surface area contributed by atoms with Crippen LogP contribution in [0.1, 0.15) is 44.5 Å². The SMILES string of the molecule is COc1ccc(NC(=O)c2c(NC(=O)c3ccccc3F)sc3c2CC[C@H](C)C3)c(OC)c1. The van der Waals surface area contributed by atoms with Crippen molar-refractivity contribution in [2.75, 3.05) is 24.9 Å². The maximum atomic E-state index is 14.2. The van der Waals surface area contributed by atoms with Crippen molar-refractivity contribution in [3.8, 4) is 11.5 Å². The molecule has 0 saturated heterocycles. The van der Waals surface area contributed by atoms with Crippen LogP contribution in [0.5, 0.6) is 11.5 Å². The van der Waals surface area contributed by atoms with Crippen LogP contribution in [0.3, 0.4) is 0 Å². The number of anilines is 2. The lowest BCUT2D eigenvalue weighted by atomic mass is 9.88. The van der Waals surface area contributed by atoms with Crippen molar-refractivity contribution in [2.45, 2.75) is 26.2 Å². The summed E-state index contributed by atoms with van der Waals surface area (Å²) in [6.07, 6.45) is 2.53. The number of rotatable bonds is 6. The smallest absolute Gasteiger partial charge is 0.259 e. The summed E-state index contributed by atoms with van der Waals surface area (Å²) < 4.78 is 24.8. The van der Waals surface area contributed by atoms with Crippen molar-refractivity contribution in [1.82, 2.24) is 0 Å². The molecule has 8 heteroatoms. The van der Waals surface area contributed by atoms with Crippen molar-refractivity contribution >= 4 is 33.8 Å². The summed E-state index contributed by atoms with van der Waals surface area (Å²) >= 11 is 1.38. The zero-order chi connectivity index (χ0) is 23.5. The van der Waals surface area contributed by atoms with E-state index in [0.717, 1.165) is 29.7 Å². The lowest BCUT2D eigenvalue weighted by Crippen LogP contribution is -2.20. The number of thiophene rings is 1. The molecule has 2 aromatic carbocycles. The Bertz CT molecular complexity index is 1210. The highest BCUT2D eigenvalue weighted by atomic mass is 32.1. The van der Waals surface area contributed by atoms with Crippen LogP contribution in [0.25, 0.3) is 0 Å². The lowest BCUT2D eigenvalue weighted by molar-refractivity contribution is 0.102. The average Bonchev–Trinajstić information content (AvgIpc) is 3.16. The van der Waals surface area contributed by atoms with Gasteiger partial charge in [0, 0.05) is 10.9 Å². The van der Waals surface area contributed by atoms with E-state index in [0.29, 0.717) is 33.7 Å². The van der Waals surface area contributed by atoms with Gasteiger partial charge in [-0.3, -0.25) is 9.59 Å². The maximum absolute atomic E-state index is 14.2. The van der Waals surface area contributed by atoms with E-state index in [1.165, 1.54) is 36.6 Å². The Morgan fingerprint density at radius 2 is 1.85 bits per heavy atom. The van der Waals surface area contributed by atoms with Gasteiger partial charge >= 0.3 is 0 Å². The second-order valence-corrected chi connectivity index (χ2v) is 9.12. The monoisotopic (exact) mass is 468 g/mol. The van der Waals surface area contributed by atoms with Crippen molar-refractivity contribution in [2.24, 2.45) is 5.92 Å². The lowest BCUT2D eigenvalue weighted by Gasteiger charge is -2.19. The van der Waals surface area contributed by atoms with Gasteiger partial charge in [-0.1, -0.05) is 19.1 Å². The first kappa shape index (κ1) is 22.8. The fourth-order valence-electron chi connectivity index (χ4n) is 3.98. The summed E-state index contributed by atoms with van der Waals surface area (Å²) in [7, 11) is 3.06. The Balaban J connectivity index is 1.69. The van der Waals surface area contributed by atoms with Crippen LogP contribution in [0, 0.1) is 11.7 Å². The summed E-state index contributed by atoms with van der Waals surface area (Å²) in [5, 5.41) is 6.11. The number of carbonyl (C=O) groups is 2. The van der Waals surface area contributed by atoms with Gasteiger partial charge in [-0.15, -0.1) is 11.3 Å². The number of halogens is 1. The van der Waals surface area contributed by atoms with Crippen LogP contribution in [-0.4, -0.2) is 26.0 Å². The highest BCUT2D eigenvalue weighted by molar-refractivity contribution is 7.17. The van der Waals surface area contributed by atoms with E-state index in [1.807, 2.05) is 0 Å². The molecule has 4 rings (SSSR count). The minimum Gasteiger partial charge on any atom is -0.497 e. The Morgan fingerprint density at radius 3 is 2.58 bits per heavy atom. The topological polar surface area (TPSA) is 76.7 Å². The van der Waals surface area contributed by atoms with E-state index in [-0.39, 0.29) is 11.5 Å². The molecule has 2 amide bonds. The zero-order valence-electron chi connectivity index (χ0n) is 18.7. The molecule has 6 nitrogen and oxygen atoms in total. The Morgan fingerprint density at radius 1 is 1.06 bits per heavy atom. The third kappa shape index (κ3) is 4.71. The maximum Gasteiger partial charge on any atom is 0.259 e. The summed E-state index contributed by atoms with van der Waals surface area (Å²) in [6, 6.07) is 10.9. The zero-order valence-corrected chi connectivity index (χ0v) is 19.5. The molecule has 1 aliphatic carbocycles. The molecule has 3 aromatic rings. The number of carbonyl (C=O) groups excluding carboxylic acids is 2. The molecule has 172 valence electrons. The van der Waals surface area contributed by atoms with Crippen LogP contribution >= 0.6 is 11.3 Å². The van der Waals surface area contributed by atoms with Gasteiger partial charge in [-0.05, 0) is 55.0 Å². The van der Waals surface area contributed by atoms with Crippen LogP contribution in [-0.2, 0) is 12.8 Å². The van der Waals surface area contributed by atoms with Crippen LogP contribution in [0.2, 0.25) is 0 Å². The molecular weight excluding hydrogens is 443 g/mol. The summed E-state index contributed by atoms with van der Waals surface area (Å²) in [5.41, 5.74) is 1.77. The minimum atomic E-state index is -0.612. The quantitative estimate of drug-likeness (QED) is 0.498. The molecule has 2 N–H and O–H groups in total. The molecule has 0 radical (unpaired) electrons. The van der Waals surface area contributed by atoms with E-state index in [1.54, 1.807) is 31.4 Å². The summed E-state index contributed by atoms with van der Waals surface area (Å²) in [4.78, 5) is 27.3. The van der Waals surface area contributed by atoms with Gasteiger partial charge in [0.15, 0.2) is 0 Å². The van der Waals surface area contributed by atoms with E-state index >= 15 is 0 Å². The normalized spacial score (nSPS) is 14.8. The Labute approximate surface area is 195 Å². The van der Waals surface area contributed by atoms with Crippen LogP contribution in [0.15, 0.2) is 42.5 Å². The van der Waals surface area contributed by atoms with Gasteiger partial charge in [-0.2, -0.15) is 0 Å². The third-order valence-corrected chi connectivity index (χ3v) is 6.91. The molecule has 0 unspecified atom stereocenters. The minimum absolute atomic E-state index is 0.0691. The van der Waals surface area contributed by atoms with Gasteiger partial charge in [0.1, 0.15) is 22.3 Å². The third-order valence-electron chi connectivity index (χ3n) is 5.74. The number of hydrogen-bond acceptors (Lipinski definition) is 5. The number of fused-ring (bicyclic) bond motifs is 1. The van der Waals surface area contributed by atoms with Crippen LogP contribution in [0.4, 0.5) is 15.1 Å². The number of hydrogen-bond donors (Lipinski definition) is 2. The number of benzene rings is 2.